The number of aliphatic hydroxyl groups excluding tert-OH is 1. The first-order chi connectivity index (χ1) is 12.2. The second-order valence-electron chi connectivity index (χ2n) is 6.39. The molecule has 0 amide bonds. The van der Waals surface area contributed by atoms with Crippen molar-refractivity contribution in [3.05, 3.63) is 77.0 Å². The summed E-state index contributed by atoms with van der Waals surface area (Å²) in [5, 5.41) is 17.1. The lowest BCUT2D eigenvalue weighted by atomic mass is 10.0. The Morgan fingerprint density at radius 3 is 2.56 bits per heavy atom. The molecule has 0 aliphatic heterocycles. The average molecular weight is 335 g/mol. The number of nitrogens with one attached hydrogen (secondary N) is 1. The van der Waals surface area contributed by atoms with Gasteiger partial charge >= 0.3 is 0 Å². The largest absolute Gasteiger partial charge is 0.395 e. The van der Waals surface area contributed by atoms with Crippen molar-refractivity contribution in [2.24, 2.45) is 0 Å². The lowest BCUT2D eigenvalue weighted by Crippen LogP contribution is -2.17. The van der Waals surface area contributed by atoms with Crippen LogP contribution in [0.4, 0.5) is 0 Å². The maximum absolute atomic E-state index is 9.01. The number of benzene rings is 2. The molecule has 3 aromatic rings. The molecule has 0 spiro atoms. The smallest absolute Gasteiger partial charge is 0.0968 e. The fourth-order valence-electron chi connectivity index (χ4n) is 2.88. The molecule has 0 unspecified atom stereocenters. The van der Waals surface area contributed by atoms with Crippen LogP contribution in [-0.4, -0.2) is 28.0 Å². The third-order valence-electron chi connectivity index (χ3n) is 4.41. The summed E-state index contributed by atoms with van der Waals surface area (Å²) in [4.78, 5) is 0. The van der Waals surface area contributed by atoms with Gasteiger partial charge in [-0.1, -0.05) is 42.5 Å². The van der Waals surface area contributed by atoms with Gasteiger partial charge in [-0.3, -0.25) is 4.68 Å². The first-order valence-electron chi connectivity index (χ1n) is 8.67. The summed E-state index contributed by atoms with van der Waals surface area (Å²) in [5.74, 6) is 0. The predicted molar refractivity (Wildman–Crippen MR) is 101 cm³/mol. The minimum atomic E-state index is 0.136. The molecule has 4 heteroatoms. The van der Waals surface area contributed by atoms with Crippen LogP contribution < -0.4 is 5.32 Å². The highest BCUT2D eigenvalue weighted by Gasteiger charge is 2.12. The van der Waals surface area contributed by atoms with Crippen LogP contribution in [-0.2, 0) is 13.1 Å². The highest BCUT2D eigenvalue weighted by atomic mass is 16.3. The molecule has 0 radical (unpaired) electrons. The van der Waals surface area contributed by atoms with Gasteiger partial charge in [-0.25, -0.2) is 0 Å². The monoisotopic (exact) mass is 335 g/mol. The van der Waals surface area contributed by atoms with Crippen LogP contribution in [0.1, 0.15) is 22.3 Å². The number of rotatable bonds is 7. The Morgan fingerprint density at radius 2 is 1.84 bits per heavy atom. The zero-order valence-electron chi connectivity index (χ0n) is 14.9. The Labute approximate surface area is 149 Å². The molecule has 25 heavy (non-hydrogen) atoms. The second kappa shape index (κ2) is 8.10. The van der Waals surface area contributed by atoms with Gasteiger partial charge in [0.2, 0.25) is 0 Å². The summed E-state index contributed by atoms with van der Waals surface area (Å²) in [5.41, 5.74) is 7.07. The summed E-state index contributed by atoms with van der Waals surface area (Å²) in [6.45, 7) is 6.41. The van der Waals surface area contributed by atoms with Crippen LogP contribution in [0, 0.1) is 13.8 Å². The number of aromatic nitrogens is 2. The predicted octanol–water partition coefficient (Wildman–Crippen LogP) is 3.30. The molecule has 0 atom stereocenters. The molecular formula is C21H25N3O. The first kappa shape index (κ1) is 17.4. The van der Waals surface area contributed by atoms with Gasteiger partial charge in [0.25, 0.3) is 0 Å². The van der Waals surface area contributed by atoms with E-state index < -0.39 is 0 Å². The molecule has 130 valence electrons. The van der Waals surface area contributed by atoms with E-state index in [0.717, 1.165) is 23.4 Å². The van der Waals surface area contributed by atoms with E-state index >= 15 is 0 Å². The van der Waals surface area contributed by atoms with Crippen molar-refractivity contribution in [2.45, 2.75) is 26.9 Å². The van der Waals surface area contributed by atoms with Crippen molar-refractivity contribution in [2.75, 3.05) is 13.2 Å². The van der Waals surface area contributed by atoms with Gasteiger partial charge in [0.1, 0.15) is 0 Å². The Morgan fingerprint density at radius 1 is 1.04 bits per heavy atom. The van der Waals surface area contributed by atoms with Gasteiger partial charge in [-0.2, -0.15) is 5.10 Å². The summed E-state index contributed by atoms with van der Waals surface area (Å²) in [6.07, 6.45) is 2.10. The topological polar surface area (TPSA) is 50.1 Å². The summed E-state index contributed by atoms with van der Waals surface area (Å²) < 4.78 is 2.00. The summed E-state index contributed by atoms with van der Waals surface area (Å²) in [7, 11) is 0. The van der Waals surface area contributed by atoms with E-state index in [1.165, 1.54) is 16.7 Å². The molecule has 0 fully saturated rings. The molecular weight excluding hydrogens is 310 g/mol. The molecule has 3 rings (SSSR count). The summed E-state index contributed by atoms with van der Waals surface area (Å²) in [6, 6.07) is 16.8. The Balaban J connectivity index is 1.92. The lowest BCUT2D eigenvalue weighted by Gasteiger charge is -2.06. The maximum Gasteiger partial charge on any atom is 0.0968 e. The SMILES string of the molecule is Cc1ccc(-c2nn(Cc3ccccc3)cc2CNCCO)cc1C. The van der Waals surface area contributed by atoms with Crippen molar-refractivity contribution in [1.82, 2.24) is 15.1 Å². The molecule has 0 saturated carbocycles. The average Bonchev–Trinajstić information content (AvgIpc) is 3.01. The van der Waals surface area contributed by atoms with Crippen LogP contribution >= 0.6 is 0 Å². The molecule has 1 aromatic heterocycles. The van der Waals surface area contributed by atoms with E-state index in [1.54, 1.807) is 0 Å². The zero-order chi connectivity index (χ0) is 17.6. The molecule has 0 saturated heterocycles. The fourth-order valence-corrected chi connectivity index (χ4v) is 2.88. The normalized spacial score (nSPS) is 11.0. The molecule has 0 aliphatic carbocycles. The number of hydrogen-bond donors (Lipinski definition) is 2. The molecule has 0 bridgehead atoms. The van der Waals surface area contributed by atoms with Crippen LogP contribution in [0.3, 0.4) is 0 Å². The van der Waals surface area contributed by atoms with E-state index in [9.17, 15) is 0 Å². The lowest BCUT2D eigenvalue weighted by molar-refractivity contribution is 0.292. The van der Waals surface area contributed by atoms with E-state index in [-0.39, 0.29) is 6.61 Å². The van der Waals surface area contributed by atoms with Gasteiger partial charge < -0.3 is 10.4 Å². The van der Waals surface area contributed by atoms with Crippen LogP contribution in [0.2, 0.25) is 0 Å². The van der Waals surface area contributed by atoms with Crippen LogP contribution in [0.25, 0.3) is 11.3 Å². The van der Waals surface area contributed by atoms with Gasteiger partial charge in [0.15, 0.2) is 0 Å². The third kappa shape index (κ3) is 4.35. The van der Waals surface area contributed by atoms with Gasteiger partial charge in [-0.15, -0.1) is 0 Å². The quantitative estimate of drug-likeness (QED) is 0.651. The fraction of sp³-hybridized carbons (Fsp3) is 0.286. The van der Waals surface area contributed by atoms with Gasteiger partial charge in [-0.05, 0) is 36.6 Å². The zero-order valence-corrected chi connectivity index (χ0v) is 14.9. The van der Waals surface area contributed by atoms with Crippen LogP contribution in [0.5, 0.6) is 0 Å². The first-order valence-corrected chi connectivity index (χ1v) is 8.67. The number of nitrogens with zero attached hydrogens (tertiary/aromatic N) is 2. The number of aryl methyl sites for hydroxylation is 2. The maximum atomic E-state index is 9.01. The molecule has 1 heterocycles. The highest BCUT2D eigenvalue weighted by Crippen LogP contribution is 2.25. The van der Waals surface area contributed by atoms with Crippen molar-refractivity contribution < 1.29 is 5.11 Å². The highest BCUT2D eigenvalue weighted by molar-refractivity contribution is 5.64. The van der Waals surface area contributed by atoms with E-state index in [4.69, 9.17) is 10.2 Å². The van der Waals surface area contributed by atoms with E-state index in [2.05, 4.69) is 55.7 Å². The number of aliphatic hydroxyl groups is 1. The Bertz CT molecular complexity index is 824. The molecule has 2 aromatic carbocycles. The molecule has 4 nitrogen and oxygen atoms in total. The molecule has 2 N–H and O–H groups in total. The third-order valence-corrected chi connectivity index (χ3v) is 4.41. The van der Waals surface area contributed by atoms with Crippen molar-refractivity contribution in [3.8, 4) is 11.3 Å². The van der Waals surface area contributed by atoms with Crippen molar-refractivity contribution in [3.63, 3.8) is 0 Å². The van der Waals surface area contributed by atoms with Gasteiger partial charge in [0, 0.05) is 30.4 Å². The van der Waals surface area contributed by atoms with E-state index in [0.29, 0.717) is 13.1 Å². The second-order valence-corrected chi connectivity index (χ2v) is 6.39. The van der Waals surface area contributed by atoms with E-state index in [1.807, 2.05) is 22.9 Å². The Hall–Kier alpha value is -2.43. The van der Waals surface area contributed by atoms with Crippen molar-refractivity contribution >= 4 is 0 Å². The van der Waals surface area contributed by atoms with Gasteiger partial charge in [0.05, 0.1) is 18.8 Å². The van der Waals surface area contributed by atoms with Crippen molar-refractivity contribution in [1.29, 1.82) is 0 Å². The minimum absolute atomic E-state index is 0.136. The number of hydrogen-bond acceptors (Lipinski definition) is 3. The standard InChI is InChI=1S/C21H25N3O/c1-16-8-9-19(12-17(16)2)21-20(13-22-10-11-25)15-24(23-21)14-18-6-4-3-5-7-18/h3-9,12,15,22,25H,10-11,13-14H2,1-2H3. The Kier molecular flexibility index (Phi) is 5.64. The molecule has 0 aliphatic rings. The van der Waals surface area contributed by atoms with Crippen LogP contribution in [0.15, 0.2) is 54.7 Å². The summed E-state index contributed by atoms with van der Waals surface area (Å²) >= 11 is 0. The minimum Gasteiger partial charge on any atom is -0.395 e.